The topological polar surface area (TPSA) is 50.1 Å². The number of hydrogen-bond donors (Lipinski definition) is 0. The largest absolute Gasteiger partial charge is 0.465 e. The fraction of sp³-hybridized carbons (Fsp3) is 0.200. The molecule has 7 heteroatoms. The third-order valence-electron chi connectivity index (χ3n) is 1.92. The van der Waals surface area contributed by atoms with Gasteiger partial charge in [-0.1, -0.05) is 11.6 Å². The molecule has 1 rings (SSSR count). The number of carbonyl (C=O) groups is 1. The van der Waals surface area contributed by atoms with E-state index in [1.807, 2.05) is 0 Å². The first-order valence-corrected chi connectivity index (χ1v) is 4.58. The van der Waals surface area contributed by atoms with Crippen molar-refractivity contribution in [3.8, 4) is 6.07 Å². The number of ether oxygens (including phenoxy) is 1. The van der Waals surface area contributed by atoms with E-state index in [-0.39, 0.29) is 5.56 Å². The number of carbonyl (C=O) groups excluding carboxylic acids is 1. The maximum atomic E-state index is 12.6. The van der Waals surface area contributed by atoms with Crippen molar-refractivity contribution >= 4 is 17.6 Å². The molecular weight excluding hydrogens is 259 g/mol. The average molecular weight is 264 g/mol. The van der Waals surface area contributed by atoms with E-state index >= 15 is 0 Å². The zero-order valence-electron chi connectivity index (χ0n) is 8.43. The fourth-order valence-electron chi connectivity index (χ4n) is 1.15. The lowest BCUT2D eigenvalue weighted by Gasteiger charge is -2.11. The van der Waals surface area contributed by atoms with Gasteiger partial charge in [0.25, 0.3) is 0 Å². The summed E-state index contributed by atoms with van der Waals surface area (Å²) < 4.78 is 42.0. The summed E-state index contributed by atoms with van der Waals surface area (Å²) in [5.74, 6) is -0.969. The van der Waals surface area contributed by atoms with E-state index in [0.29, 0.717) is 6.07 Å². The molecule has 0 saturated heterocycles. The standard InChI is InChI=1S/C10H5ClF3NO2/c1-17-9(16)5-2-6(4-15)8(11)7(3-5)10(12,13)14/h2-3H,1H3. The van der Waals surface area contributed by atoms with Crippen LogP contribution in [0.2, 0.25) is 5.02 Å². The lowest BCUT2D eigenvalue weighted by Crippen LogP contribution is -2.10. The highest BCUT2D eigenvalue weighted by molar-refractivity contribution is 6.32. The molecule has 1 aromatic carbocycles. The molecule has 0 spiro atoms. The van der Waals surface area contributed by atoms with Gasteiger partial charge in [0.1, 0.15) is 6.07 Å². The van der Waals surface area contributed by atoms with Crippen LogP contribution in [0.3, 0.4) is 0 Å². The number of benzene rings is 1. The lowest BCUT2D eigenvalue weighted by atomic mass is 10.1. The maximum Gasteiger partial charge on any atom is 0.417 e. The van der Waals surface area contributed by atoms with E-state index in [2.05, 4.69) is 4.74 Å². The zero-order valence-corrected chi connectivity index (χ0v) is 9.19. The monoisotopic (exact) mass is 263 g/mol. The third-order valence-corrected chi connectivity index (χ3v) is 2.33. The summed E-state index contributed by atoms with van der Waals surface area (Å²) in [6, 6.07) is 2.99. The Morgan fingerprint density at radius 2 is 2.06 bits per heavy atom. The minimum Gasteiger partial charge on any atom is -0.465 e. The van der Waals surface area contributed by atoms with Gasteiger partial charge in [0.2, 0.25) is 0 Å². The molecule has 3 nitrogen and oxygen atoms in total. The minimum atomic E-state index is -4.74. The van der Waals surface area contributed by atoms with Crippen LogP contribution in [0, 0.1) is 11.3 Å². The van der Waals surface area contributed by atoms with Crippen LogP contribution in [0.4, 0.5) is 13.2 Å². The summed E-state index contributed by atoms with van der Waals surface area (Å²) in [7, 11) is 1.02. The maximum absolute atomic E-state index is 12.6. The van der Waals surface area contributed by atoms with E-state index < -0.39 is 28.3 Å². The highest BCUT2D eigenvalue weighted by atomic mass is 35.5. The number of esters is 1. The first kappa shape index (κ1) is 13.3. The molecule has 0 bridgehead atoms. The van der Waals surface area contributed by atoms with Crippen LogP contribution < -0.4 is 0 Å². The Morgan fingerprint density at radius 3 is 2.47 bits per heavy atom. The molecule has 0 unspecified atom stereocenters. The van der Waals surface area contributed by atoms with E-state index in [1.165, 1.54) is 6.07 Å². The number of hydrogen-bond acceptors (Lipinski definition) is 3. The molecular formula is C10H5ClF3NO2. The van der Waals surface area contributed by atoms with Gasteiger partial charge in [-0.3, -0.25) is 0 Å². The normalized spacial score (nSPS) is 10.8. The van der Waals surface area contributed by atoms with Gasteiger partial charge in [0.05, 0.1) is 28.8 Å². The van der Waals surface area contributed by atoms with Crippen LogP contribution in [-0.4, -0.2) is 13.1 Å². The summed E-state index contributed by atoms with van der Waals surface area (Å²) in [6.07, 6.45) is -4.74. The number of nitrogens with zero attached hydrogens (tertiary/aromatic N) is 1. The highest BCUT2D eigenvalue weighted by Crippen LogP contribution is 2.37. The number of rotatable bonds is 1. The molecule has 0 saturated carbocycles. The summed E-state index contributed by atoms with van der Waals surface area (Å²) in [4.78, 5) is 11.1. The van der Waals surface area contributed by atoms with Crippen molar-refractivity contribution in [3.05, 3.63) is 33.8 Å². The Labute approximate surface area is 99.4 Å². The molecule has 0 aliphatic heterocycles. The van der Waals surface area contributed by atoms with E-state index in [1.54, 1.807) is 0 Å². The average Bonchev–Trinajstić information content (AvgIpc) is 2.26. The molecule has 0 fully saturated rings. The van der Waals surface area contributed by atoms with Gasteiger partial charge >= 0.3 is 12.1 Å². The number of alkyl halides is 3. The molecule has 0 aliphatic rings. The van der Waals surface area contributed by atoms with Gasteiger partial charge in [0, 0.05) is 0 Å². The van der Waals surface area contributed by atoms with Gasteiger partial charge in [0.15, 0.2) is 0 Å². The van der Waals surface area contributed by atoms with Crippen molar-refractivity contribution in [2.75, 3.05) is 7.11 Å². The predicted octanol–water partition coefficient (Wildman–Crippen LogP) is 3.02. The second kappa shape index (κ2) is 4.63. The van der Waals surface area contributed by atoms with Crippen molar-refractivity contribution in [1.82, 2.24) is 0 Å². The van der Waals surface area contributed by atoms with Crippen LogP contribution in [0.5, 0.6) is 0 Å². The van der Waals surface area contributed by atoms with Crippen molar-refractivity contribution in [1.29, 1.82) is 5.26 Å². The first-order valence-electron chi connectivity index (χ1n) is 4.20. The van der Waals surface area contributed by atoms with E-state index in [9.17, 15) is 18.0 Å². The Morgan fingerprint density at radius 1 is 1.47 bits per heavy atom. The molecule has 0 N–H and O–H groups in total. The van der Waals surface area contributed by atoms with Crippen LogP contribution in [-0.2, 0) is 10.9 Å². The highest BCUT2D eigenvalue weighted by Gasteiger charge is 2.35. The van der Waals surface area contributed by atoms with Gasteiger partial charge in [-0.05, 0) is 12.1 Å². The SMILES string of the molecule is COC(=O)c1cc(C#N)c(Cl)c(C(F)(F)F)c1. The van der Waals surface area contributed by atoms with E-state index in [0.717, 1.165) is 13.2 Å². The fourth-order valence-corrected chi connectivity index (χ4v) is 1.41. The Hall–Kier alpha value is -1.74. The molecule has 0 heterocycles. The second-order valence-electron chi connectivity index (χ2n) is 2.99. The lowest BCUT2D eigenvalue weighted by molar-refractivity contribution is -0.137. The molecule has 0 aliphatic carbocycles. The van der Waals surface area contributed by atoms with Crippen LogP contribution >= 0.6 is 11.6 Å². The molecule has 1 aromatic rings. The molecule has 0 atom stereocenters. The van der Waals surface area contributed by atoms with Crippen LogP contribution in [0.15, 0.2) is 12.1 Å². The van der Waals surface area contributed by atoms with E-state index in [4.69, 9.17) is 16.9 Å². The van der Waals surface area contributed by atoms with Gasteiger partial charge in [-0.25, -0.2) is 4.79 Å². The number of methoxy groups -OCH3 is 1. The van der Waals surface area contributed by atoms with Crippen molar-refractivity contribution in [3.63, 3.8) is 0 Å². The van der Waals surface area contributed by atoms with Gasteiger partial charge in [-0.15, -0.1) is 0 Å². The van der Waals surface area contributed by atoms with Crippen LogP contribution in [0.25, 0.3) is 0 Å². The molecule has 17 heavy (non-hydrogen) atoms. The smallest absolute Gasteiger partial charge is 0.417 e. The molecule has 0 radical (unpaired) electrons. The van der Waals surface area contributed by atoms with Crippen molar-refractivity contribution < 1.29 is 22.7 Å². The summed E-state index contributed by atoms with van der Waals surface area (Å²) in [6.45, 7) is 0. The number of halogens is 4. The zero-order chi connectivity index (χ0) is 13.2. The quantitative estimate of drug-likeness (QED) is 0.732. The predicted molar refractivity (Wildman–Crippen MR) is 52.5 cm³/mol. The third kappa shape index (κ3) is 2.68. The minimum absolute atomic E-state index is 0.374. The molecule has 90 valence electrons. The molecule has 0 aromatic heterocycles. The Kier molecular flexibility index (Phi) is 3.63. The Balaban J connectivity index is 3.51. The summed E-state index contributed by atoms with van der Waals surface area (Å²) in [5.41, 5.74) is -2.04. The van der Waals surface area contributed by atoms with Crippen molar-refractivity contribution in [2.45, 2.75) is 6.18 Å². The summed E-state index contributed by atoms with van der Waals surface area (Å²) in [5, 5.41) is 7.90. The first-order chi connectivity index (χ1) is 7.81. The summed E-state index contributed by atoms with van der Waals surface area (Å²) >= 11 is 5.42. The molecule has 0 amide bonds. The van der Waals surface area contributed by atoms with Gasteiger partial charge in [-0.2, -0.15) is 18.4 Å². The van der Waals surface area contributed by atoms with Gasteiger partial charge < -0.3 is 4.74 Å². The van der Waals surface area contributed by atoms with Crippen LogP contribution in [0.1, 0.15) is 21.5 Å². The number of nitriles is 1. The van der Waals surface area contributed by atoms with Crippen molar-refractivity contribution in [2.24, 2.45) is 0 Å². The Bertz CT molecular complexity index is 505. The second-order valence-corrected chi connectivity index (χ2v) is 3.36.